The first-order valence-electron chi connectivity index (χ1n) is 10.5. The number of hydrogen-bond acceptors (Lipinski definition) is 6. The van der Waals surface area contributed by atoms with Crippen LogP contribution < -0.4 is 15.7 Å². The first kappa shape index (κ1) is 23.1. The van der Waals surface area contributed by atoms with Gasteiger partial charge in [-0.1, -0.05) is 26.0 Å². The molecule has 0 aliphatic carbocycles. The van der Waals surface area contributed by atoms with Crippen molar-refractivity contribution in [3.8, 4) is 5.75 Å². The van der Waals surface area contributed by atoms with Crippen molar-refractivity contribution in [2.75, 3.05) is 13.2 Å². The van der Waals surface area contributed by atoms with Crippen molar-refractivity contribution < 1.29 is 23.5 Å². The van der Waals surface area contributed by atoms with E-state index in [4.69, 9.17) is 13.9 Å². The fourth-order valence-electron chi connectivity index (χ4n) is 3.06. The van der Waals surface area contributed by atoms with Gasteiger partial charge in [-0.2, -0.15) is 0 Å². The Balaban J connectivity index is 1.51. The molecule has 0 saturated carbocycles. The zero-order chi connectivity index (χ0) is 23.1. The van der Waals surface area contributed by atoms with Crippen LogP contribution in [0.3, 0.4) is 0 Å². The summed E-state index contributed by atoms with van der Waals surface area (Å²) in [6.07, 6.45) is 0.872. The topological polar surface area (TPSA) is 94.8 Å². The molecular formula is C25H27NO6. The Bertz CT molecular complexity index is 1150. The molecule has 7 heteroatoms. The van der Waals surface area contributed by atoms with Gasteiger partial charge in [0.05, 0.1) is 5.56 Å². The molecule has 7 nitrogen and oxygen atoms in total. The molecule has 32 heavy (non-hydrogen) atoms. The molecule has 0 unspecified atom stereocenters. The number of ether oxygens (including phenoxy) is 2. The van der Waals surface area contributed by atoms with E-state index in [1.807, 2.05) is 19.1 Å². The van der Waals surface area contributed by atoms with Crippen LogP contribution in [0, 0.1) is 12.8 Å². The minimum atomic E-state index is -0.559. The van der Waals surface area contributed by atoms with Crippen LogP contribution in [0.5, 0.6) is 5.75 Å². The lowest BCUT2D eigenvalue weighted by atomic mass is 10.1. The van der Waals surface area contributed by atoms with Gasteiger partial charge in [0, 0.05) is 24.1 Å². The molecule has 0 atom stereocenters. The van der Waals surface area contributed by atoms with Crippen molar-refractivity contribution in [3.05, 3.63) is 75.6 Å². The number of hydrogen-bond donors (Lipinski definition) is 1. The summed E-state index contributed by atoms with van der Waals surface area (Å²) in [5, 5.41) is 3.58. The Labute approximate surface area is 186 Å². The normalized spacial score (nSPS) is 10.9. The summed E-state index contributed by atoms with van der Waals surface area (Å²) in [6.45, 7) is 6.53. The van der Waals surface area contributed by atoms with E-state index in [1.165, 1.54) is 6.07 Å². The van der Waals surface area contributed by atoms with Crippen LogP contribution in [0.25, 0.3) is 11.0 Å². The monoisotopic (exact) mass is 437 g/mol. The van der Waals surface area contributed by atoms with Gasteiger partial charge in [0.25, 0.3) is 5.91 Å². The molecule has 1 amide bonds. The number of rotatable bonds is 9. The number of carbonyl (C=O) groups excluding carboxylic acids is 2. The van der Waals surface area contributed by atoms with Crippen LogP contribution in [0.4, 0.5) is 0 Å². The molecule has 3 aromatic rings. The number of fused-ring (bicyclic) bond motifs is 1. The van der Waals surface area contributed by atoms with Crippen LogP contribution in [-0.2, 0) is 16.1 Å². The van der Waals surface area contributed by atoms with E-state index in [1.54, 1.807) is 30.3 Å². The minimum absolute atomic E-state index is 0.273. The first-order chi connectivity index (χ1) is 15.3. The highest BCUT2D eigenvalue weighted by molar-refractivity contribution is 5.91. The molecule has 1 heterocycles. The number of esters is 1. The molecule has 0 bridgehead atoms. The highest BCUT2D eigenvalue weighted by Crippen LogP contribution is 2.23. The highest BCUT2D eigenvalue weighted by Gasteiger charge is 2.11. The van der Waals surface area contributed by atoms with E-state index in [9.17, 15) is 14.4 Å². The van der Waals surface area contributed by atoms with Crippen molar-refractivity contribution in [1.82, 2.24) is 5.32 Å². The summed E-state index contributed by atoms with van der Waals surface area (Å²) in [4.78, 5) is 35.4. The van der Waals surface area contributed by atoms with Crippen LogP contribution >= 0.6 is 0 Å². The lowest BCUT2D eigenvalue weighted by Gasteiger charge is -2.09. The molecular weight excluding hydrogens is 410 g/mol. The predicted molar refractivity (Wildman–Crippen MR) is 121 cm³/mol. The third-order valence-corrected chi connectivity index (χ3v) is 4.90. The Morgan fingerprint density at radius 1 is 1.06 bits per heavy atom. The summed E-state index contributed by atoms with van der Waals surface area (Å²) in [7, 11) is 0. The lowest BCUT2D eigenvalue weighted by molar-refractivity contribution is -0.124. The van der Waals surface area contributed by atoms with Gasteiger partial charge < -0.3 is 19.2 Å². The third-order valence-electron chi connectivity index (χ3n) is 4.90. The molecule has 1 N–H and O–H groups in total. The smallest absolute Gasteiger partial charge is 0.338 e. The molecule has 168 valence electrons. The third kappa shape index (κ3) is 6.44. The molecule has 3 rings (SSSR count). The fraction of sp³-hybridized carbons (Fsp3) is 0.320. The molecule has 0 aliphatic rings. The Hall–Kier alpha value is -3.61. The fourth-order valence-corrected chi connectivity index (χ4v) is 3.06. The Morgan fingerprint density at radius 2 is 1.81 bits per heavy atom. The Morgan fingerprint density at radius 3 is 2.53 bits per heavy atom. The largest absolute Gasteiger partial charge is 0.489 e. The quantitative estimate of drug-likeness (QED) is 0.402. The number of carbonyl (C=O) groups is 2. The van der Waals surface area contributed by atoms with Crippen LogP contribution in [-0.4, -0.2) is 25.0 Å². The first-order valence-corrected chi connectivity index (χ1v) is 10.5. The maximum absolute atomic E-state index is 12.1. The van der Waals surface area contributed by atoms with E-state index >= 15 is 0 Å². The molecule has 0 spiro atoms. The molecule has 0 fully saturated rings. The van der Waals surface area contributed by atoms with Crippen molar-refractivity contribution in [2.24, 2.45) is 5.92 Å². The van der Waals surface area contributed by atoms with E-state index in [0.29, 0.717) is 29.4 Å². The summed E-state index contributed by atoms with van der Waals surface area (Å²) >= 11 is 0. The number of aryl methyl sites for hydroxylation is 1. The van der Waals surface area contributed by atoms with Crippen LogP contribution in [0.15, 0.2) is 57.7 Å². The van der Waals surface area contributed by atoms with Gasteiger partial charge in [-0.3, -0.25) is 4.79 Å². The van der Waals surface area contributed by atoms with Crippen molar-refractivity contribution in [3.63, 3.8) is 0 Å². The number of amides is 1. The molecule has 0 radical (unpaired) electrons. The van der Waals surface area contributed by atoms with Gasteiger partial charge in [0.2, 0.25) is 0 Å². The Kier molecular flexibility index (Phi) is 7.65. The minimum Gasteiger partial charge on any atom is -0.489 e. The maximum atomic E-state index is 12.1. The van der Waals surface area contributed by atoms with Gasteiger partial charge in [0.1, 0.15) is 17.9 Å². The maximum Gasteiger partial charge on any atom is 0.338 e. The highest BCUT2D eigenvalue weighted by atomic mass is 16.5. The molecule has 2 aromatic carbocycles. The van der Waals surface area contributed by atoms with E-state index in [0.717, 1.165) is 22.9 Å². The average Bonchev–Trinajstić information content (AvgIpc) is 2.75. The molecule has 1 aromatic heterocycles. The number of nitrogens with one attached hydrogen (secondary N) is 1. The van der Waals surface area contributed by atoms with Gasteiger partial charge in [-0.05, 0) is 54.7 Å². The zero-order valence-electron chi connectivity index (χ0n) is 18.5. The van der Waals surface area contributed by atoms with E-state index in [-0.39, 0.29) is 19.1 Å². The standard InChI is InChI=1S/C25H27NO6/c1-16(2)10-11-26-23(27)15-31-25(29)19-6-4-18(5-7-19)14-30-20-8-9-21-17(3)12-24(28)32-22(21)13-20/h4-9,12-13,16H,10-11,14-15H2,1-3H3,(H,26,27). The van der Waals surface area contributed by atoms with Crippen LogP contribution in [0.1, 0.15) is 41.8 Å². The van der Waals surface area contributed by atoms with Crippen molar-refractivity contribution in [1.29, 1.82) is 0 Å². The molecule has 0 aliphatic heterocycles. The summed E-state index contributed by atoms with van der Waals surface area (Å²) in [5.41, 5.74) is 2.12. The average molecular weight is 437 g/mol. The lowest BCUT2D eigenvalue weighted by Crippen LogP contribution is -2.30. The summed E-state index contributed by atoms with van der Waals surface area (Å²) in [5.74, 6) is 0.187. The summed E-state index contributed by atoms with van der Waals surface area (Å²) < 4.78 is 16.1. The zero-order valence-corrected chi connectivity index (χ0v) is 18.5. The van der Waals surface area contributed by atoms with Gasteiger partial charge in [-0.25, -0.2) is 9.59 Å². The summed E-state index contributed by atoms with van der Waals surface area (Å²) in [6, 6.07) is 13.6. The van der Waals surface area contributed by atoms with Gasteiger partial charge in [-0.15, -0.1) is 0 Å². The predicted octanol–water partition coefficient (Wildman–Crippen LogP) is 4.00. The van der Waals surface area contributed by atoms with Crippen molar-refractivity contribution >= 4 is 22.8 Å². The van der Waals surface area contributed by atoms with E-state index < -0.39 is 11.6 Å². The SMILES string of the molecule is Cc1cc(=O)oc2cc(OCc3ccc(C(=O)OCC(=O)NCCC(C)C)cc3)ccc12. The van der Waals surface area contributed by atoms with E-state index in [2.05, 4.69) is 19.2 Å². The second-order valence-electron chi connectivity index (χ2n) is 8.00. The van der Waals surface area contributed by atoms with Crippen molar-refractivity contribution in [2.45, 2.75) is 33.8 Å². The second kappa shape index (κ2) is 10.6. The van der Waals surface area contributed by atoms with Gasteiger partial charge >= 0.3 is 11.6 Å². The van der Waals surface area contributed by atoms with Crippen LogP contribution in [0.2, 0.25) is 0 Å². The molecule has 0 saturated heterocycles. The second-order valence-corrected chi connectivity index (χ2v) is 8.00. The van der Waals surface area contributed by atoms with Gasteiger partial charge in [0.15, 0.2) is 6.61 Å². The number of benzene rings is 2.